The van der Waals surface area contributed by atoms with Crippen molar-refractivity contribution in [2.45, 2.75) is 63.3 Å². The molecule has 0 saturated heterocycles. The molecule has 0 spiro atoms. The van der Waals surface area contributed by atoms with Gasteiger partial charge in [0.2, 0.25) is 5.89 Å². The van der Waals surface area contributed by atoms with Crippen molar-refractivity contribution in [1.82, 2.24) is 25.5 Å². The Labute approximate surface area is 233 Å². The molecule has 1 atom stereocenters. The molecule has 0 aliphatic rings. The number of alkyl carbamates (subject to hydrolysis) is 1. The van der Waals surface area contributed by atoms with Gasteiger partial charge in [0.15, 0.2) is 21.3 Å². The molecule has 0 saturated carbocycles. The summed E-state index contributed by atoms with van der Waals surface area (Å²) in [6.45, 7) is 10.5. The highest BCUT2D eigenvalue weighted by molar-refractivity contribution is 7.92. The quantitative estimate of drug-likeness (QED) is 0.304. The number of aromatic nitrogens is 4. The molecule has 0 bridgehead atoms. The third kappa shape index (κ3) is 6.45. The van der Waals surface area contributed by atoms with Crippen LogP contribution in [-0.2, 0) is 14.6 Å². The Hall–Kier alpha value is -4.32. The molecule has 1 unspecified atom stereocenters. The molecule has 1 amide bonds. The summed E-state index contributed by atoms with van der Waals surface area (Å²) in [7, 11) is -3.39. The lowest BCUT2D eigenvalue weighted by Crippen LogP contribution is -2.34. The lowest BCUT2D eigenvalue weighted by atomic mass is 10.1. The largest absolute Gasteiger partial charge is 0.444 e. The van der Waals surface area contributed by atoms with Crippen molar-refractivity contribution in [3.63, 3.8) is 0 Å². The Kier molecular flexibility index (Phi) is 7.92. The van der Waals surface area contributed by atoms with E-state index >= 15 is 0 Å². The van der Waals surface area contributed by atoms with Gasteiger partial charge in [0.1, 0.15) is 5.60 Å². The smallest absolute Gasteiger partial charge is 0.408 e. The van der Waals surface area contributed by atoms with Crippen LogP contribution in [0.15, 0.2) is 64.0 Å². The molecule has 0 fully saturated rings. The van der Waals surface area contributed by atoms with Crippen LogP contribution in [0.25, 0.3) is 34.3 Å². The van der Waals surface area contributed by atoms with E-state index in [1.54, 1.807) is 71.0 Å². The fourth-order valence-electron chi connectivity index (χ4n) is 3.70. The Bertz CT molecular complexity index is 1610. The lowest BCUT2D eigenvalue weighted by molar-refractivity contribution is 0.0508. The summed E-state index contributed by atoms with van der Waals surface area (Å²) < 4.78 is 36.0. The van der Waals surface area contributed by atoms with Gasteiger partial charge in [-0.3, -0.25) is 0 Å². The molecule has 11 nitrogen and oxygen atoms in total. The summed E-state index contributed by atoms with van der Waals surface area (Å²) in [6.07, 6.45) is 0.996. The molecule has 4 aromatic rings. The Morgan fingerprint density at radius 2 is 1.55 bits per heavy atom. The monoisotopic (exact) mass is 564 g/mol. The van der Waals surface area contributed by atoms with Crippen LogP contribution in [0.4, 0.5) is 10.6 Å². The van der Waals surface area contributed by atoms with Crippen LogP contribution in [0, 0.1) is 0 Å². The van der Waals surface area contributed by atoms with Crippen LogP contribution in [0.5, 0.6) is 0 Å². The number of rotatable bonds is 7. The van der Waals surface area contributed by atoms with Gasteiger partial charge < -0.3 is 20.2 Å². The van der Waals surface area contributed by atoms with Gasteiger partial charge in [0, 0.05) is 11.1 Å². The molecule has 2 aromatic carbocycles. The number of carbonyl (C=O) groups excluding carboxylic acids is 1. The van der Waals surface area contributed by atoms with Gasteiger partial charge in [-0.15, -0.1) is 10.2 Å². The van der Waals surface area contributed by atoms with Crippen molar-refractivity contribution in [1.29, 1.82) is 0 Å². The van der Waals surface area contributed by atoms with Gasteiger partial charge in [0.05, 0.1) is 28.1 Å². The number of amides is 1. The second kappa shape index (κ2) is 11.0. The van der Waals surface area contributed by atoms with E-state index in [1.165, 1.54) is 6.20 Å². The number of hydrogen-bond acceptors (Lipinski definition) is 10. The first kappa shape index (κ1) is 28.7. The van der Waals surface area contributed by atoms with Gasteiger partial charge in [-0.1, -0.05) is 24.3 Å². The van der Waals surface area contributed by atoms with Crippen LogP contribution in [-0.4, -0.2) is 45.5 Å². The summed E-state index contributed by atoms with van der Waals surface area (Å²) in [5.74, 6) is 0.449. The van der Waals surface area contributed by atoms with Crippen molar-refractivity contribution in [3.05, 3.63) is 60.3 Å². The normalized spacial score (nSPS) is 12.8. The zero-order chi connectivity index (χ0) is 29.2. The lowest BCUT2D eigenvalue weighted by Gasteiger charge is -2.22. The molecule has 12 heteroatoms. The van der Waals surface area contributed by atoms with E-state index < -0.39 is 26.8 Å². The van der Waals surface area contributed by atoms with Crippen molar-refractivity contribution in [3.8, 4) is 34.3 Å². The number of nitrogen functional groups attached to an aromatic ring is 1. The molecule has 2 aromatic heterocycles. The van der Waals surface area contributed by atoms with Gasteiger partial charge in [-0.2, -0.15) is 0 Å². The molecule has 4 rings (SSSR count). The number of hydrogen-bond donors (Lipinski definition) is 2. The number of nitrogens with zero attached hydrogens (tertiary/aromatic N) is 4. The first-order valence-corrected chi connectivity index (χ1v) is 14.2. The van der Waals surface area contributed by atoms with E-state index in [-0.39, 0.29) is 34.2 Å². The van der Waals surface area contributed by atoms with Crippen LogP contribution in [0.1, 0.15) is 53.1 Å². The van der Waals surface area contributed by atoms with E-state index in [4.69, 9.17) is 14.9 Å². The summed E-state index contributed by atoms with van der Waals surface area (Å²) >= 11 is 0. The third-order valence-corrected chi connectivity index (χ3v) is 8.09. The second-order valence-corrected chi connectivity index (χ2v) is 13.0. The molecule has 0 radical (unpaired) electrons. The standard InChI is InChI=1S/C28H32N6O5S/c1-16(2)40(36,37)21-13-11-19(12-14-21)22-15-30-24(29)23(32-22)26-34-33-25(38-26)20-9-7-18(8-10-20)17(3)31-27(35)39-28(4,5)6/h7-17H,1-6H3,(H2,29,30)(H,31,35). The maximum absolute atomic E-state index is 12.4. The van der Waals surface area contributed by atoms with E-state index in [9.17, 15) is 13.2 Å². The molecule has 210 valence electrons. The Balaban J connectivity index is 1.52. The highest BCUT2D eigenvalue weighted by atomic mass is 32.2. The fourth-order valence-corrected chi connectivity index (χ4v) is 4.76. The predicted octanol–water partition coefficient (Wildman–Crippen LogP) is 5.21. The highest BCUT2D eigenvalue weighted by Gasteiger charge is 2.21. The maximum atomic E-state index is 12.4. The maximum Gasteiger partial charge on any atom is 0.408 e. The molecule has 3 N–H and O–H groups in total. The van der Waals surface area contributed by atoms with Crippen molar-refractivity contribution in [2.75, 3.05) is 5.73 Å². The van der Waals surface area contributed by atoms with E-state index in [0.29, 0.717) is 16.8 Å². The van der Waals surface area contributed by atoms with Crippen molar-refractivity contribution < 1.29 is 22.4 Å². The average molecular weight is 565 g/mol. The molecular weight excluding hydrogens is 532 g/mol. The van der Waals surface area contributed by atoms with E-state index in [0.717, 1.165) is 5.56 Å². The third-order valence-electron chi connectivity index (χ3n) is 5.92. The summed E-state index contributed by atoms with van der Waals surface area (Å²) in [6, 6.07) is 13.4. The topological polar surface area (TPSA) is 163 Å². The number of sulfone groups is 1. The summed E-state index contributed by atoms with van der Waals surface area (Å²) in [5, 5.41) is 10.5. The minimum atomic E-state index is -3.39. The molecular formula is C28H32N6O5S. The van der Waals surface area contributed by atoms with Crippen LogP contribution < -0.4 is 11.1 Å². The number of nitrogens with one attached hydrogen (secondary N) is 1. The SMILES string of the molecule is CC(NC(=O)OC(C)(C)C)c1ccc(-c2nnc(-c3nc(-c4ccc(S(=O)(=O)C(C)C)cc4)cnc3N)o2)cc1. The minimum absolute atomic E-state index is 0.0879. The minimum Gasteiger partial charge on any atom is -0.444 e. The summed E-state index contributed by atoms with van der Waals surface area (Å²) in [4.78, 5) is 21.1. The van der Waals surface area contributed by atoms with Gasteiger partial charge in [-0.25, -0.2) is 23.2 Å². The molecule has 0 aliphatic carbocycles. The van der Waals surface area contributed by atoms with Crippen molar-refractivity contribution >= 4 is 21.7 Å². The Morgan fingerprint density at radius 3 is 2.15 bits per heavy atom. The van der Waals surface area contributed by atoms with Crippen molar-refractivity contribution in [2.24, 2.45) is 0 Å². The second-order valence-electron chi connectivity index (χ2n) is 10.5. The number of nitrogens with two attached hydrogens (primary N) is 1. The molecule has 2 heterocycles. The van der Waals surface area contributed by atoms with Gasteiger partial charge >= 0.3 is 6.09 Å². The van der Waals surface area contributed by atoms with Gasteiger partial charge in [-0.05, 0) is 71.4 Å². The molecule has 40 heavy (non-hydrogen) atoms. The highest BCUT2D eigenvalue weighted by Crippen LogP contribution is 2.29. The van der Waals surface area contributed by atoms with Crippen LogP contribution in [0.3, 0.4) is 0 Å². The van der Waals surface area contributed by atoms with Crippen LogP contribution >= 0.6 is 0 Å². The zero-order valence-corrected chi connectivity index (χ0v) is 24.0. The Morgan fingerprint density at radius 1 is 0.950 bits per heavy atom. The number of anilines is 1. The van der Waals surface area contributed by atoms with Gasteiger partial charge in [0.25, 0.3) is 5.89 Å². The number of benzene rings is 2. The van der Waals surface area contributed by atoms with E-state index in [1.807, 2.05) is 19.1 Å². The number of ether oxygens (including phenoxy) is 1. The van der Waals surface area contributed by atoms with Crippen LogP contribution in [0.2, 0.25) is 0 Å². The number of carbonyl (C=O) groups is 1. The molecule has 0 aliphatic heterocycles. The summed E-state index contributed by atoms with van der Waals surface area (Å²) in [5.41, 5.74) is 8.34. The average Bonchev–Trinajstić information content (AvgIpc) is 3.38. The van der Waals surface area contributed by atoms with E-state index in [2.05, 4.69) is 25.5 Å². The predicted molar refractivity (Wildman–Crippen MR) is 151 cm³/mol. The first-order chi connectivity index (χ1) is 18.7. The first-order valence-electron chi connectivity index (χ1n) is 12.6. The zero-order valence-electron chi connectivity index (χ0n) is 23.2. The fraction of sp³-hybridized carbons (Fsp3) is 0.321.